The summed E-state index contributed by atoms with van der Waals surface area (Å²) in [6, 6.07) is 0. The van der Waals surface area contributed by atoms with E-state index in [0.717, 1.165) is 13.2 Å². The van der Waals surface area contributed by atoms with E-state index in [1.54, 1.807) is 0 Å². The number of ether oxygens (including phenoxy) is 1. The van der Waals surface area contributed by atoms with E-state index >= 15 is 0 Å². The highest BCUT2D eigenvalue weighted by Crippen LogP contribution is 2.04. The molecular weight excluding hydrogens is 112 g/mol. The minimum absolute atomic E-state index is 0.850. The van der Waals surface area contributed by atoms with Crippen LogP contribution in [0.4, 0.5) is 0 Å². The summed E-state index contributed by atoms with van der Waals surface area (Å²) in [7, 11) is 0. The molecule has 0 aliphatic heterocycles. The van der Waals surface area contributed by atoms with Crippen LogP contribution >= 0.6 is 0 Å². The lowest BCUT2D eigenvalue weighted by Gasteiger charge is -2.02. The monoisotopic (exact) mass is 129 g/mol. The first kappa shape index (κ1) is 8.96. The van der Waals surface area contributed by atoms with Crippen LogP contribution in [-0.2, 0) is 4.74 Å². The second-order valence-corrected chi connectivity index (χ2v) is 2.51. The lowest BCUT2D eigenvalue weighted by atomic mass is 10.1. The maximum absolute atomic E-state index is 5.17. The second-order valence-electron chi connectivity index (χ2n) is 2.51. The summed E-state index contributed by atoms with van der Waals surface area (Å²) in [5, 5.41) is 0. The molecule has 0 aliphatic carbocycles. The average Bonchev–Trinajstić information content (AvgIpc) is 1.80. The Morgan fingerprint density at radius 1 is 1.33 bits per heavy atom. The predicted molar refractivity (Wildman–Crippen MR) is 40.3 cm³/mol. The zero-order chi connectivity index (χ0) is 7.11. The van der Waals surface area contributed by atoms with E-state index in [9.17, 15) is 0 Å². The highest BCUT2D eigenvalue weighted by molar-refractivity contribution is 4.75. The molecule has 9 heavy (non-hydrogen) atoms. The molecular formula is C8H17O. The molecule has 1 heteroatoms. The summed E-state index contributed by atoms with van der Waals surface area (Å²) in [4.78, 5) is 0. The minimum atomic E-state index is 0.850. The first-order valence-corrected chi connectivity index (χ1v) is 3.64. The lowest BCUT2D eigenvalue weighted by Crippen LogP contribution is -1.94. The van der Waals surface area contributed by atoms with Crippen molar-refractivity contribution in [3.05, 3.63) is 5.92 Å². The Hall–Kier alpha value is -0.0400. The summed E-state index contributed by atoms with van der Waals surface area (Å²) in [6.07, 6.45) is 2.39. The smallest absolute Gasteiger partial charge is 0.0466 e. The van der Waals surface area contributed by atoms with Crippen LogP contribution in [0.1, 0.15) is 33.6 Å². The van der Waals surface area contributed by atoms with Crippen LogP contribution in [-0.4, -0.2) is 13.2 Å². The highest BCUT2D eigenvalue weighted by Gasteiger charge is 1.92. The molecule has 1 radical (unpaired) electrons. The summed E-state index contributed by atoms with van der Waals surface area (Å²) < 4.78 is 5.17. The van der Waals surface area contributed by atoms with Gasteiger partial charge in [-0.15, -0.1) is 0 Å². The van der Waals surface area contributed by atoms with Gasteiger partial charge in [0.1, 0.15) is 0 Å². The van der Waals surface area contributed by atoms with Crippen LogP contribution in [0, 0.1) is 5.92 Å². The third kappa shape index (κ3) is 7.96. The topological polar surface area (TPSA) is 9.23 Å². The fraction of sp³-hybridized carbons (Fsp3) is 0.875. The van der Waals surface area contributed by atoms with Gasteiger partial charge in [0.15, 0.2) is 0 Å². The summed E-state index contributed by atoms with van der Waals surface area (Å²) in [6.45, 7) is 8.12. The van der Waals surface area contributed by atoms with Crippen molar-refractivity contribution in [1.82, 2.24) is 0 Å². The molecule has 1 nitrogen and oxygen atoms in total. The van der Waals surface area contributed by atoms with E-state index < -0.39 is 0 Å². The standard InChI is InChI=1S/C8H17O/c1-4-9-7-5-6-8(2)3/h4-7H2,1-3H3. The van der Waals surface area contributed by atoms with E-state index in [2.05, 4.69) is 13.8 Å². The molecule has 0 fully saturated rings. The highest BCUT2D eigenvalue weighted by atomic mass is 16.5. The molecule has 0 aromatic carbocycles. The Labute approximate surface area is 58.4 Å². The summed E-state index contributed by atoms with van der Waals surface area (Å²) in [5.41, 5.74) is 0. The Bertz CT molecular complexity index is 50.5. The molecule has 0 saturated carbocycles. The maximum atomic E-state index is 5.17. The van der Waals surface area contributed by atoms with Crippen LogP contribution in [0.2, 0.25) is 0 Å². The first-order valence-electron chi connectivity index (χ1n) is 3.64. The zero-order valence-corrected chi connectivity index (χ0v) is 6.74. The van der Waals surface area contributed by atoms with Crippen molar-refractivity contribution >= 4 is 0 Å². The molecule has 0 heterocycles. The third-order valence-corrected chi connectivity index (χ3v) is 1.17. The molecule has 0 aliphatic rings. The van der Waals surface area contributed by atoms with Crippen molar-refractivity contribution in [3.63, 3.8) is 0 Å². The fourth-order valence-electron chi connectivity index (χ4n) is 0.672. The molecule has 0 N–H and O–H groups in total. The van der Waals surface area contributed by atoms with Crippen LogP contribution < -0.4 is 0 Å². The molecule has 0 rings (SSSR count). The maximum Gasteiger partial charge on any atom is 0.0466 e. The van der Waals surface area contributed by atoms with Crippen LogP contribution in [0.3, 0.4) is 0 Å². The van der Waals surface area contributed by atoms with Gasteiger partial charge in [-0.1, -0.05) is 13.8 Å². The molecule has 0 bridgehead atoms. The van der Waals surface area contributed by atoms with Crippen LogP contribution in [0.25, 0.3) is 0 Å². The Kier molecular flexibility index (Phi) is 6.06. The van der Waals surface area contributed by atoms with Crippen molar-refractivity contribution in [2.45, 2.75) is 33.6 Å². The summed E-state index contributed by atoms with van der Waals surface area (Å²) in [5.74, 6) is 1.50. The van der Waals surface area contributed by atoms with Crippen molar-refractivity contribution in [3.8, 4) is 0 Å². The Morgan fingerprint density at radius 3 is 2.44 bits per heavy atom. The van der Waals surface area contributed by atoms with E-state index in [1.165, 1.54) is 18.8 Å². The van der Waals surface area contributed by atoms with E-state index in [1.807, 2.05) is 6.92 Å². The van der Waals surface area contributed by atoms with Crippen molar-refractivity contribution in [2.75, 3.05) is 13.2 Å². The van der Waals surface area contributed by atoms with E-state index in [4.69, 9.17) is 4.74 Å². The number of hydrogen-bond acceptors (Lipinski definition) is 1. The largest absolute Gasteiger partial charge is 0.382 e. The number of hydrogen-bond donors (Lipinski definition) is 0. The van der Waals surface area contributed by atoms with Gasteiger partial charge in [-0.05, 0) is 25.7 Å². The second kappa shape index (κ2) is 6.09. The van der Waals surface area contributed by atoms with Crippen LogP contribution in [0.15, 0.2) is 0 Å². The SMILES string of the molecule is CCOCCC[C](C)C. The normalized spacial score (nSPS) is 10.7. The molecule has 0 saturated heterocycles. The first-order chi connectivity index (χ1) is 4.27. The van der Waals surface area contributed by atoms with Crippen LogP contribution in [0.5, 0.6) is 0 Å². The Morgan fingerprint density at radius 2 is 2.00 bits per heavy atom. The van der Waals surface area contributed by atoms with Crippen molar-refractivity contribution < 1.29 is 4.74 Å². The molecule has 0 unspecified atom stereocenters. The van der Waals surface area contributed by atoms with E-state index in [-0.39, 0.29) is 0 Å². The third-order valence-electron chi connectivity index (χ3n) is 1.17. The zero-order valence-electron chi connectivity index (χ0n) is 6.74. The van der Waals surface area contributed by atoms with Gasteiger partial charge in [0.05, 0.1) is 0 Å². The molecule has 0 aromatic heterocycles. The molecule has 0 spiro atoms. The fourth-order valence-corrected chi connectivity index (χ4v) is 0.672. The number of rotatable bonds is 5. The molecule has 0 aromatic rings. The lowest BCUT2D eigenvalue weighted by molar-refractivity contribution is 0.144. The quantitative estimate of drug-likeness (QED) is 0.518. The van der Waals surface area contributed by atoms with Gasteiger partial charge in [-0.2, -0.15) is 0 Å². The van der Waals surface area contributed by atoms with Gasteiger partial charge < -0.3 is 4.74 Å². The molecule has 0 amide bonds. The van der Waals surface area contributed by atoms with Crippen molar-refractivity contribution in [1.29, 1.82) is 0 Å². The van der Waals surface area contributed by atoms with Gasteiger partial charge in [0, 0.05) is 13.2 Å². The van der Waals surface area contributed by atoms with Gasteiger partial charge in [-0.3, -0.25) is 0 Å². The van der Waals surface area contributed by atoms with Gasteiger partial charge >= 0.3 is 0 Å². The predicted octanol–water partition coefficient (Wildman–Crippen LogP) is 2.42. The summed E-state index contributed by atoms with van der Waals surface area (Å²) >= 11 is 0. The molecule has 0 atom stereocenters. The molecule has 55 valence electrons. The van der Waals surface area contributed by atoms with E-state index in [0.29, 0.717) is 0 Å². The van der Waals surface area contributed by atoms with Gasteiger partial charge in [-0.25, -0.2) is 0 Å². The average molecular weight is 129 g/mol. The Balaban J connectivity index is 2.75. The van der Waals surface area contributed by atoms with Gasteiger partial charge in [0.2, 0.25) is 0 Å². The minimum Gasteiger partial charge on any atom is -0.382 e. The van der Waals surface area contributed by atoms with Gasteiger partial charge in [0.25, 0.3) is 0 Å². The van der Waals surface area contributed by atoms with Crippen molar-refractivity contribution in [2.24, 2.45) is 0 Å².